The molecule has 0 fully saturated rings. The highest BCUT2D eigenvalue weighted by atomic mass is 16.6. The zero-order valence-corrected chi connectivity index (χ0v) is 12.0. The van der Waals surface area contributed by atoms with Crippen molar-refractivity contribution in [2.45, 2.75) is 13.3 Å². The predicted octanol–water partition coefficient (Wildman–Crippen LogP) is 2.60. The number of nitro groups is 1. The molecule has 0 aliphatic rings. The highest BCUT2D eigenvalue weighted by Crippen LogP contribution is 2.11. The van der Waals surface area contributed by atoms with Crippen LogP contribution in [0, 0.1) is 17.0 Å². The van der Waals surface area contributed by atoms with Crippen LogP contribution >= 0.6 is 0 Å². The molecule has 2 rings (SSSR count). The maximum absolute atomic E-state index is 11.7. The number of benzene rings is 2. The fourth-order valence-electron chi connectivity index (χ4n) is 1.83. The summed E-state index contributed by atoms with van der Waals surface area (Å²) in [6.07, 6.45) is 1.60. The number of carbonyl (C=O) groups is 1. The van der Waals surface area contributed by atoms with Gasteiger partial charge in [-0.05, 0) is 12.5 Å². The van der Waals surface area contributed by atoms with Crippen LogP contribution in [-0.2, 0) is 11.2 Å². The van der Waals surface area contributed by atoms with Gasteiger partial charge in [-0.3, -0.25) is 14.9 Å². The summed E-state index contributed by atoms with van der Waals surface area (Å²) in [6, 6.07) is 13.7. The van der Waals surface area contributed by atoms with E-state index in [4.69, 9.17) is 0 Å². The zero-order valence-electron chi connectivity index (χ0n) is 12.0. The number of carbonyl (C=O) groups excluding carboxylic acids is 1. The highest BCUT2D eigenvalue weighted by molar-refractivity contribution is 5.83. The molecule has 0 bridgehead atoms. The summed E-state index contributed by atoms with van der Waals surface area (Å²) in [5.74, 6) is -0.245. The van der Waals surface area contributed by atoms with Crippen molar-refractivity contribution in [3.63, 3.8) is 0 Å². The number of hydrogen-bond donors (Lipinski definition) is 1. The fourth-order valence-corrected chi connectivity index (χ4v) is 1.83. The van der Waals surface area contributed by atoms with Gasteiger partial charge in [0.05, 0.1) is 17.6 Å². The summed E-state index contributed by atoms with van der Waals surface area (Å²) in [5.41, 5.74) is 4.96. The number of non-ortho nitro benzene ring substituents is 1. The molecule has 0 spiro atoms. The number of amides is 1. The van der Waals surface area contributed by atoms with Crippen molar-refractivity contribution in [3.8, 4) is 0 Å². The number of hydrazone groups is 1. The summed E-state index contributed by atoms with van der Waals surface area (Å²) in [6.45, 7) is 1.98. The molecule has 112 valence electrons. The average molecular weight is 297 g/mol. The van der Waals surface area contributed by atoms with E-state index < -0.39 is 4.92 Å². The first-order valence-corrected chi connectivity index (χ1v) is 6.66. The Hall–Kier alpha value is -3.02. The van der Waals surface area contributed by atoms with Gasteiger partial charge in [0, 0.05) is 17.7 Å². The van der Waals surface area contributed by atoms with Crippen LogP contribution in [0.2, 0.25) is 0 Å². The molecule has 0 unspecified atom stereocenters. The molecule has 6 heteroatoms. The second kappa shape index (κ2) is 7.12. The van der Waals surface area contributed by atoms with Crippen LogP contribution in [0.4, 0.5) is 5.69 Å². The molecule has 0 heterocycles. The smallest absolute Gasteiger partial charge is 0.270 e. The fraction of sp³-hybridized carbons (Fsp3) is 0.125. The Morgan fingerprint density at radius 1 is 1.27 bits per heavy atom. The standard InChI is InChI=1S/C16H15N3O3/c1-12-5-7-13(8-6-12)10-16(20)18-17-11-14-3-2-4-15(9-14)19(21)22/h2-9,11H,10H2,1H3,(H,18,20)/b17-11-. The quantitative estimate of drug-likeness (QED) is 0.523. The molecule has 0 radical (unpaired) electrons. The molecule has 2 aromatic carbocycles. The summed E-state index contributed by atoms with van der Waals surface area (Å²) < 4.78 is 0. The SMILES string of the molecule is Cc1ccc(CC(=O)N/N=C\c2cccc([N+](=O)[O-])c2)cc1. The van der Waals surface area contributed by atoms with Gasteiger partial charge in [-0.15, -0.1) is 0 Å². The minimum Gasteiger partial charge on any atom is -0.273 e. The molecular weight excluding hydrogens is 282 g/mol. The lowest BCUT2D eigenvalue weighted by molar-refractivity contribution is -0.384. The third-order valence-corrected chi connectivity index (χ3v) is 2.97. The van der Waals surface area contributed by atoms with E-state index in [1.807, 2.05) is 31.2 Å². The lowest BCUT2D eigenvalue weighted by Crippen LogP contribution is -2.19. The van der Waals surface area contributed by atoms with E-state index in [2.05, 4.69) is 10.5 Å². The highest BCUT2D eigenvalue weighted by Gasteiger charge is 2.04. The summed E-state index contributed by atoms with van der Waals surface area (Å²) in [5, 5.41) is 14.5. The Morgan fingerprint density at radius 2 is 2.00 bits per heavy atom. The Labute approximate surface area is 127 Å². The van der Waals surface area contributed by atoms with Crippen molar-refractivity contribution < 1.29 is 9.72 Å². The predicted molar refractivity (Wildman–Crippen MR) is 83.7 cm³/mol. The first kappa shape index (κ1) is 15.4. The molecule has 0 aromatic heterocycles. The summed E-state index contributed by atoms with van der Waals surface area (Å²) in [7, 11) is 0. The van der Waals surface area contributed by atoms with E-state index >= 15 is 0 Å². The van der Waals surface area contributed by atoms with Crippen LogP contribution in [0.5, 0.6) is 0 Å². The van der Waals surface area contributed by atoms with Gasteiger partial charge in [-0.2, -0.15) is 5.10 Å². The number of hydrogen-bond acceptors (Lipinski definition) is 4. The van der Waals surface area contributed by atoms with Crippen molar-refractivity contribution in [1.29, 1.82) is 0 Å². The third-order valence-electron chi connectivity index (χ3n) is 2.97. The van der Waals surface area contributed by atoms with Gasteiger partial charge in [0.25, 0.3) is 5.69 Å². The summed E-state index contributed by atoms with van der Waals surface area (Å²) in [4.78, 5) is 21.9. The molecule has 1 amide bonds. The minimum absolute atomic E-state index is 0.0186. The molecule has 22 heavy (non-hydrogen) atoms. The topological polar surface area (TPSA) is 84.6 Å². The van der Waals surface area contributed by atoms with Gasteiger partial charge in [-0.1, -0.05) is 42.0 Å². The Balaban J connectivity index is 1.91. The third kappa shape index (κ3) is 4.52. The Kier molecular flexibility index (Phi) is 4.98. The van der Waals surface area contributed by atoms with E-state index in [0.717, 1.165) is 11.1 Å². The maximum atomic E-state index is 11.7. The van der Waals surface area contributed by atoms with Crippen molar-refractivity contribution in [2.24, 2.45) is 5.10 Å². The van der Waals surface area contributed by atoms with Crippen molar-refractivity contribution in [3.05, 3.63) is 75.3 Å². The second-order valence-electron chi connectivity index (χ2n) is 4.81. The molecule has 1 N–H and O–H groups in total. The van der Waals surface area contributed by atoms with E-state index in [1.54, 1.807) is 12.1 Å². The van der Waals surface area contributed by atoms with Crippen molar-refractivity contribution >= 4 is 17.8 Å². The molecule has 0 atom stereocenters. The molecule has 0 aliphatic heterocycles. The Morgan fingerprint density at radius 3 is 2.68 bits per heavy atom. The van der Waals surface area contributed by atoms with Gasteiger partial charge in [0.1, 0.15) is 0 Å². The van der Waals surface area contributed by atoms with Crippen LogP contribution in [0.15, 0.2) is 53.6 Å². The minimum atomic E-state index is -0.479. The van der Waals surface area contributed by atoms with Crippen molar-refractivity contribution in [2.75, 3.05) is 0 Å². The van der Waals surface area contributed by atoms with E-state index in [9.17, 15) is 14.9 Å². The van der Waals surface area contributed by atoms with Gasteiger partial charge < -0.3 is 0 Å². The van der Waals surface area contributed by atoms with Gasteiger partial charge in [-0.25, -0.2) is 5.43 Å². The number of rotatable bonds is 5. The number of nitrogens with zero attached hydrogens (tertiary/aromatic N) is 2. The molecule has 0 saturated carbocycles. The molecule has 2 aromatic rings. The van der Waals surface area contributed by atoms with Gasteiger partial charge in [0.2, 0.25) is 5.91 Å². The van der Waals surface area contributed by atoms with E-state index in [-0.39, 0.29) is 18.0 Å². The number of nitro benzene ring substituents is 1. The van der Waals surface area contributed by atoms with Gasteiger partial charge in [0.15, 0.2) is 0 Å². The second-order valence-corrected chi connectivity index (χ2v) is 4.81. The zero-order chi connectivity index (χ0) is 15.9. The molecular formula is C16H15N3O3. The Bertz CT molecular complexity index is 709. The average Bonchev–Trinajstić information content (AvgIpc) is 2.50. The van der Waals surface area contributed by atoms with Gasteiger partial charge >= 0.3 is 0 Å². The number of nitrogens with one attached hydrogen (secondary N) is 1. The normalized spacial score (nSPS) is 10.6. The van der Waals surface area contributed by atoms with Crippen LogP contribution in [0.25, 0.3) is 0 Å². The monoisotopic (exact) mass is 297 g/mol. The van der Waals surface area contributed by atoms with E-state index in [0.29, 0.717) is 5.56 Å². The van der Waals surface area contributed by atoms with E-state index in [1.165, 1.54) is 18.3 Å². The maximum Gasteiger partial charge on any atom is 0.270 e. The van der Waals surface area contributed by atoms with Crippen LogP contribution in [0.3, 0.4) is 0 Å². The molecule has 0 saturated heterocycles. The summed E-state index contributed by atoms with van der Waals surface area (Å²) >= 11 is 0. The largest absolute Gasteiger partial charge is 0.273 e. The first-order valence-electron chi connectivity index (χ1n) is 6.66. The molecule has 0 aliphatic carbocycles. The molecule has 6 nitrogen and oxygen atoms in total. The lowest BCUT2D eigenvalue weighted by atomic mass is 10.1. The lowest BCUT2D eigenvalue weighted by Gasteiger charge is -2.01. The first-order chi connectivity index (χ1) is 10.5. The number of aryl methyl sites for hydroxylation is 1. The van der Waals surface area contributed by atoms with Crippen molar-refractivity contribution in [1.82, 2.24) is 5.43 Å². The van der Waals surface area contributed by atoms with Crippen LogP contribution in [0.1, 0.15) is 16.7 Å². The van der Waals surface area contributed by atoms with Crippen LogP contribution in [-0.4, -0.2) is 17.0 Å². The van der Waals surface area contributed by atoms with Crippen LogP contribution < -0.4 is 5.43 Å².